The van der Waals surface area contributed by atoms with Crippen LogP contribution in [0.1, 0.15) is 18.2 Å². The highest BCUT2D eigenvalue weighted by molar-refractivity contribution is 8.03. The number of anilines is 1. The third-order valence-electron chi connectivity index (χ3n) is 5.97. The fourth-order valence-corrected chi connectivity index (χ4v) is 5.53. The standard InChI is InChI=1S/C28H27N2OS.HI/c1-3-29-24(12-10-23-17-20(2)9-13-25(23)29)19-28-30(15-16-31)26-18-22(11-14-27(26)32-28)21-7-5-4-6-8-21;/h4-14,17-19,31H,3,15-16H2,1-2H3;1H/q+1;/p-1. The lowest BCUT2D eigenvalue weighted by atomic mass is 10.0. The normalized spacial score (nSPS) is 13.9. The summed E-state index contributed by atoms with van der Waals surface area (Å²) in [5.41, 5.74) is 7.25. The Morgan fingerprint density at radius 2 is 1.76 bits per heavy atom. The summed E-state index contributed by atoms with van der Waals surface area (Å²) in [4.78, 5) is 3.47. The van der Waals surface area contributed by atoms with Crippen LogP contribution in [-0.2, 0) is 6.54 Å². The second kappa shape index (κ2) is 10.3. The maximum absolute atomic E-state index is 9.81. The minimum absolute atomic E-state index is 0. The largest absolute Gasteiger partial charge is 1.00 e. The van der Waals surface area contributed by atoms with Crippen molar-refractivity contribution in [3.8, 4) is 11.1 Å². The van der Waals surface area contributed by atoms with Crippen LogP contribution in [0.3, 0.4) is 0 Å². The van der Waals surface area contributed by atoms with Gasteiger partial charge in [-0.1, -0.05) is 59.8 Å². The smallest absolute Gasteiger partial charge is 0.212 e. The number of rotatable bonds is 5. The molecule has 0 atom stereocenters. The van der Waals surface area contributed by atoms with Crippen molar-refractivity contribution < 1.29 is 33.7 Å². The average molecular weight is 567 g/mol. The average Bonchev–Trinajstić information content (AvgIpc) is 3.16. The Bertz CT molecular complexity index is 1320. The topological polar surface area (TPSA) is 27.4 Å². The van der Waals surface area contributed by atoms with Crippen molar-refractivity contribution in [3.63, 3.8) is 0 Å². The first-order chi connectivity index (χ1) is 15.7. The zero-order valence-electron chi connectivity index (χ0n) is 18.8. The molecule has 0 fully saturated rings. The van der Waals surface area contributed by atoms with E-state index in [9.17, 15) is 5.11 Å². The van der Waals surface area contributed by atoms with Crippen molar-refractivity contribution in [1.82, 2.24) is 0 Å². The van der Waals surface area contributed by atoms with Crippen LogP contribution < -0.4 is 33.4 Å². The highest BCUT2D eigenvalue weighted by atomic mass is 127. The number of halogens is 1. The molecule has 1 aliphatic heterocycles. The van der Waals surface area contributed by atoms with Crippen molar-refractivity contribution in [2.45, 2.75) is 25.3 Å². The summed E-state index contributed by atoms with van der Waals surface area (Å²) in [7, 11) is 0. The lowest BCUT2D eigenvalue weighted by molar-refractivity contribution is -0.669. The molecular weight excluding hydrogens is 539 g/mol. The number of aliphatic hydroxyl groups excluding tert-OH is 1. The van der Waals surface area contributed by atoms with Gasteiger partial charge in [0.15, 0.2) is 0 Å². The molecule has 0 saturated heterocycles. The van der Waals surface area contributed by atoms with Crippen molar-refractivity contribution >= 4 is 34.4 Å². The molecule has 2 heterocycles. The van der Waals surface area contributed by atoms with Crippen LogP contribution in [-0.4, -0.2) is 18.3 Å². The van der Waals surface area contributed by atoms with E-state index in [0.29, 0.717) is 6.54 Å². The van der Waals surface area contributed by atoms with Gasteiger partial charge in [-0.3, -0.25) is 0 Å². The maximum Gasteiger partial charge on any atom is 0.212 e. The summed E-state index contributed by atoms with van der Waals surface area (Å²) in [5, 5.41) is 12.2. The number of pyridine rings is 1. The Morgan fingerprint density at radius 1 is 0.939 bits per heavy atom. The van der Waals surface area contributed by atoms with Gasteiger partial charge < -0.3 is 34.0 Å². The summed E-state index contributed by atoms with van der Waals surface area (Å²) in [6.07, 6.45) is 2.26. The summed E-state index contributed by atoms with van der Waals surface area (Å²) in [6, 6.07) is 28.1. The number of aliphatic hydroxyl groups is 1. The molecule has 0 bridgehead atoms. The number of benzene rings is 3. The first kappa shape index (κ1) is 23.8. The molecular formula is C28H27IN2OS. The number of aryl methyl sites for hydroxylation is 2. The minimum atomic E-state index is 0. The first-order valence-corrected chi connectivity index (χ1v) is 11.9. The summed E-state index contributed by atoms with van der Waals surface area (Å²) in [6.45, 7) is 5.90. The number of hydrogen-bond donors (Lipinski definition) is 1. The third kappa shape index (κ3) is 4.67. The third-order valence-corrected chi connectivity index (χ3v) is 7.08. The Kier molecular flexibility index (Phi) is 7.41. The molecule has 3 aromatic carbocycles. The molecule has 1 N–H and O–H groups in total. The molecule has 0 spiro atoms. The Morgan fingerprint density at radius 3 is 2.52 bits per heavy atom. The predicted molar refractivity (Wildman–Crippen MR) is 135 cm³/mol. The number of fused-ring (bicyclic) bond motifs is 2. The summed E-state index contributed by atoms with van der Waals surface area (Å²) >= 11 is 1.77. The molecule has 0 aliphatic carbocycles. The highest BCUT2D eigenvalue weighted by Crippen LogP contribution is 2.47. The van der Waals surface area contributed by atoms with E-state index in [1.54, 1.807) is 11.8 Å². The zero-order valence-corrected chi connectivity index (χ0v) is 21.8. The molecule has 5 rings (SSSR count). The number of aromatic nitrogens is 1. The molecule has 0 amide bonds. The quantitative estimate of drug-likeness (QED) is 0.298. The summed E-state index contributed by atoms with van der Waals surface area (Å²) < 4.78 is 2.36. The molecule has 168 valence electrons. The first-order valence-electron chi connectivity index (χ1n) is 11.1. The van der Waals surface area contributed by atoms with Crippen molar-refractivity contribution in [2.24, 2.45) is 0 Å². The molecule has 0 unspecified atom stereocenters. The van der Waals surface area contributed by atoms with Gasteiger partial charge in [-0.05, 0) is 49.2 Å². The number of nitrogens with zero attached hydrogens (tertiary/aromatic N) is 2. The molecule has 5 heteroatoms. The van der Waals surface area contributed by atoms with Gasteiger partial charge in [-0.2, -0.15) is 4.57 Å². The van der Waals surface area contributed by atoms with Gasteiger partial charge in [-0.15, -0.1) is 0 Å². The maximum atomic E-state index is 9.81. The van der Waals surface area contributed by atoms with Crippen molar-refractivity contribution in [1.29, 1.82) is 0 Å². The predicted octanol–water partition coefficient (Wildman–Crippen LogP) is 3.03. The molecule has 4 aromatic rings. The van der Waals surface area contributed by atoms with Crippen LogP contribution in [0.2, 0.25) is 0 Å². The Balaban J connectivity index is 0.00000259. The number of β-amino-alcohol motifs (C(OH)–C–C–N with tert-alkyl or cyclic N) is 1. The summed E-state index contributed by atoms with van der Waals surface area (Å²) in [5.74, 6) is 0. The van der Waals surface area contributed by atoms with E-state index >= 15 is 0 Å². The fourth-order valence-electron chi connectivity index (χ4n) is 4.41. The lowest BCUT2D eigenvalue weighted by Crippen LogP contribution is -3.00. The second-order valence-electron chi connectivity index (χ2n) is 8.07. The van der Waals surface area contributed by atoms with E-state index in [4.69, 9.17) is 0 Å². The van der Waals surface area contributed by atoms with Gasteiger partial charge in [0.25, 0.3) is 0 Å². The van der Waals surface area contributed by atoms with Crippen molar-refractivity contribution in [2.75, 3.05) is 18.1 Å². The van der Waals surface area contributed by atoms with Gasteiger partial charge in [0.1, 0.15) is 6.54 Å². The number of hydrogen-bond acceptors (Lipinski definition) is 3. The molecule has 1 aromatic heterocycles. The van der Waals surface area contributed by atoms with Crippen LogP contribution in [0.15, 0.2) is 88.8 Å². The zero-order chi connectivity index (χ0) is 22.1. The van der Waals surface area contributed by atoms with E-state index in [1.165, 1.54) is 38.2 Å². The molecule has 33 heavy (non-hydrogen) atoms. The van der Waals surface area contributed by atoms with Crippen LogP contribution in [0.4, 0.5) is 5.69 Å². The highest BCUT2D eigenvalue weighted by Gasteiger charge is 2.27. The van der Waals surface area contributed by atoms with E-state index in [1.807, 2.05) is 6.07 Å². The molecule has 0 saturated carbocycles. The number of thioether (sulfide) groups is 1. The van der Waals surface area contributed by atoms with Gasteiger partial charge in [0.05, 0.1) is 17.3 Å². The van der Waals surface area contributed by atoms with E-state index in [-0.39, 0.29) is 30.6 Å². The SMILES string of the molecule is CC[n+]1c(C=C2Sc3ccc(-c4ccccc4)cc3N2CCO)ccc2cc(C)ccc21.[I-]. The minimum Gasteiger partial charge on any atom is -1.00 e. The Labute approximate surface area is 216 Å². The molecule has 3 nitrogen and oxygen atoms in total. The van der Waals surface area contributed by atoms with E-state index < -0.39 is 0 Å². The van der Waals surface area contributed by atoms with Crippen LogP contribution in [0.25, 0.3) is 28.1 Å². The second-order valence-corrected chi connectivity index (χ2v) is 9.14. The van der Waals surface area contributed by atoms with Crippen LogP contribution >= 0.6 is 11.8 Å². The molecule has 1 aliphatic rings. The van der Waals surface area contributed by atoms with Crippen LogP contribution in [0.5, 0.6) is 0 Å². The van der Waals surface area contributed by atoms with Crippen molar-refractivity contribution in [3.05, 3.63) is 95.1 Å². The Hall–Kier alpha value is -2.35. The van der Waals surface area contributed by atoms with E-state index in [0.717, 1.165) is 17.3 Å². The van der Waals surface area contributed by atoms with E-state index in [2.05, 4.69) is 102 Å². The lowest BCUT2D eigenvalue weighted by Gasteiger charge is -2.19. The molecule has 0 radical (unpaired) electrons. The van der Waals surface area contributed by atoms with Gasteiger partial charge >= 0.3 is 0 Å². The van der Waals surface area contributed by atoms with Gasteiger partial charge in [0, 0.05) is 35.0 Å². The van der Waals surface area contributed by atoms with Crippen LogP contribution in [0, 0.1) is 6.92 Å². The van der Waals surface area contributed by atoms with Gasteiger partial charge in [0.2, 0.25) is 11.2 Å². The fraction of sp³-hybridized carbons (Fsp3) is 0.179. The monoisotopic (exact) mass is 566 g/mol. The van der Waals surface area contributed by atoms with Gasteiger partial charge in [-0.25, -0.2) is 0 Å².